The van der Waals surface area contributed by atoms with Gasteiger partial charge in [0.1, 0.15) is 0 Å². The van der Waals surface area contributed by atoms with E-state index in [0.717, 1.165) is 19.3 Å². The highest BCUT2D eigenvalue weighted by Gasteiger charge is 2.04. The van der Waals surface area contributed by atoms with Gasteiger partial charge in [0.15, 0.2) is 0 Å². The monoisotopic (exact) mass is 322 g/mol. The molecule has 0 aromatic carbocycles. The van der Waals surface area contributed by atoms with E-state index in [-0.39, 0.29) is 12.5 Å². The zero-order valence-corrected chi connectivity index (χ0v) is 13.9. The molecular weight excluding hydrogens is 292 g/mol. The van der Waals surface area contributed by atoms with Crippen molar-refractivity contribution in [2.45, 2.75) is 71.1 Å². The summed E-state index contributed by atoms with van der Waals surface area (Å²) in [5.41, 5.74) is 4.90. The fraction of sp³-hybridized carbons (Fsp3) is 0.929. The lowest BCUT2D eigenvalue weighted by Crippen LogP contribution is -2.39. The van der Waals surface area contributed by atoms with Crippen LogP contribution in [-0.4, -0.2) is 31.2 Å². The second-order valence-electron chi connectivity index (χ2n) is 5.34. The van der Waals surface area contributed by atoms with E-state index < -0.39 is 15.9 Å². The maximum atomic E-state index is 11.4. The Morgan fingerprint density at radius 3 is 2.00 bits per heavy atom. The molecule has 0 aromatic heterocycles. The molecule has 6 nitrogen and oxygen atoms in total. The lowest BCUT2D eigenvalue weighted by molar-refractivity contribution is -0.122. The number of hydrogen-bond acceptors (Lipinski definition) is 4. The van der Waals surface area contributed by atoms with Gasteiger partial charge in [0, 0.05) is 13.0 Å². The SMILES string of the molecule is CCCCCCCCCCCC(=O)NNCCS(=O)(=O)O. The average Bonchev–Trinajstić information content (AvgIpc) is 2.41. The van der Waals surface area contributed by atoms with E-state index in [0.29, 0.717) is 6.42 Å². The first-order valence-corrected chi connectivity index (χ1v) is 9.53. The van der Waals surface area contributed by atoms with Gasteiger partial charge in [-0.25, -0.2) is 5.43 Å². The van der Waals surface area contributed by atoms with Crippen LogP contribution in [0.25, 0.3) is 0 Å². The molecule has 0 spiro atoms. The van der Waals surface area contributed by atoms with Gasteiger partial charge in [-0.3, -0.25) is 14.8 Å². The molecule has 126 valence electrons. The number of rotatable bonds is 14. The maximum absolute atomic E-state index is 11.4. The molecule has 0 heterocycles. The quantitative estimate of drug-likeness (QED) is 0.259. The van der Waals surface area contributed by atoms with E-state index in [1.807, 2.05) is 0 Å². The van der Waals surface area contributed by atoms with Crippen molar-refractivity contribution in [3.8, 4) is 0 Å². The molecule has 0 aliphatic rings. The molecule has 3 N–H and O–H groups in total. The topological polar surface area (TPSA) is 95.5 Å². The minimum Gasteiger partial charge on any atom is -0.292 e. The number of amides is 1. The first-order chi connectivity index (χ1) is 9.95. The fourth-order valence-electron chi connectivity index (χ4n) is 2.00. The van der Waals surface area contributed by atoms with Crippen LogP contribution in [0.1, 0.15) is 71.1 Å². The van der Waals surface area contributed by atoms with Crippen molar-refractivity contribution >= 4 is 16.0 Å². The minimum atomic E-state index is -3.97. The third kappa shape index (κ3) is 17.3. The summed E-state index contributed by atoms with van der Waals surface area (Å²) in [7, 11) is -3.97. The smallest absolute Gasteiger partial charge is 0.266 e. The summed E-state index contributed by atoms with van der Waals surface area (Å²) in [6.07, 6.45) is 11.2. The minimum absolute atomic E-state index is 0.00231. The number of unbranched alkanes of at least 4 members (excludes halogenated alkanes) is 8. The molecule has 0 aliphatic heterocycles. The molecule has 0 unspecified atom stereocenters. The fourth-order valence-corrected chi connectivity index (χ4v) is 2.36. The number of hydrogen-bond donors (Lipinski definition) is 3. The number of nitrogens with one attached hydrogen (secondary N) is 2. The van der Waals surface area contributed by atoms with E-state index in [2.05, 4.69) is 17.8 Å². The number of carbonyl (C=O) groups is 1. The molecule has 21 heavy (non-hydrogen) atoms. The van der Waals surface area contributed by atoms with E-state index in [1.54, 1.807) is 0 Å². The van der Waals surface area contributed by atoms with Crippen LogP contribution >= 0.6 is 0 Å². The molecule has 0 aromatic rings. The van der Waals surface area contributed by atoms with Crippen LogP contribution in [0.4, 0.5) is 0 Å². The molecule has 0 aliphatic carbocycles. The van der Waals surface area contributed by atoms with Crippen molar-refractivity contribution in [1.29, 1.82) is 0 Å². The highest BCUT2D eigenvalue weighted by Crippen LogP contribution is 2.10. The summed E-state index contributed by atoms with van der Waals surface area (Å²) in [6, 6.07) is 0. The standard InChI is InChI=1S/C14H30N2O4S/c1-2-3-4-5-6-7-8-9-10-11-14(17)16-15-12-13-21(18,19)20/h15H,2-13H2,1H3,(H,16,17)(H,18,19,20). The number of hydrazine groups is 1. The van der Waals surface area contributed by atoms with Crippen LogP contribution < -0.4 is 10.9 Å². The zero-order chi connectivity index (χ0) is 16.0. The van der Waals surface area contributed by atoms with Gasteiger partial charge in [0.05, 0.1) is 5.75 Å². The van der Waals surface area contributed by atoms with Gasteiger partial charge < -0.3 is 0 Å². The lowest BCUT2D eigenvalue weighted by atomic mass is 10.1. The van der Waals surface area contributed by atoms with Crippen molar-refractivity contribution in [3.63, 3.8) is 0 Å². The van der Waals surface area contributed by atoms with Gasteiger partial charge in [0.2, 0.25) is 5.91 Å². The summed E-state index contributed by atoms with van der Waals surface area (Å²) in [6.45, 7) is 2.21. The van der Waals surface area contributed by atoms with Crippen LogP contribution in [0.15, 0.2) is 0 Å². The summed E-state index contributed by atoms with van der Waals surface area (Å²) >= 11 is 0. The molecule has 0 fully saturated rings. The van der Waals surface area contributed by atoms with Gasteiger partial charge in [-0.15, -0.1) is 0 Å². The molecule has 0 saturated heterocycles. The normalized spacial score (nSPS) is 11.5. The average molecular weight is 322 g/mol. The van der Waals surface area contributed by atoms with Crippen molar-refractivity contribution in [3.05, 3.63) is 0 Å². The van der Waals surface area contributed by atoms with Crippen LogP contribution in [0.3, 0.4) is 0 Å². The van der Waals surface area contributed by atoms with Gasteiger partial charge in [-0.05, 0) is 6.42 Å². The van der Waals surface area contributed by atoms with Crippen LogP contribution in [0.2, 0.25) is 0 Å². The van der Waals surface area contributed by atoms with E-state index in [9.17, 15) is 13.2 Å². The first-order valence-electron chi connectivity index (χ1n) is 7.92. The highest BCUT2D eigenvalue weighted by atomic mass is 32.2. The van der Waals surface area contributed by atoms with Crippen LogP contribution in [-0.2, 0) is 14.9 Å². The molecule has 7 heteroatoms. The molecule has 0 atom stereocenters. The molecule has 0 bridgehead atoms. The lowest BCUT2D eigenvalue weighted by Gasteiger charge is -2.06. The Bertz CT molecular complexity index is 358. The zero-order valence-electron chi connectivity index (χ0n) is 13.1. The summed E-state index contributed by atoms with van der Waals surface area (Å²) in [5, 5.41) is 0. The predicted molar refractivity (Wildman–Crippen MR) is 84.4 cm³/mol. The molecule has 0 saturated carbocycles. The predicted octanol–water partition coefficient (Wildman–Crippen LogP) is 2.42. The van der Waals surface area contributed by atoms with Gasteiger partial charge in [-0.1, -0.05) is 58.3 Å². The first kappa shape index (κ1) is 20.3. The van der Waals surface area contributed by atoms with Crippen molar-refractivity contribution in [1.82, 2.24) is 10.9 Å². The Hall–Kier alpha value is -0.660. The Kier molecular flexibility index (Phi) is 12.6. The van der Waals surface area contributed by atoms with Crippen molar-refractivity contribution in [2.24, 2.45) is 0 Å². The van der Waals surface area contributed by atoms with Gasteiger partial charge >= 0.3 is 0 Å². The van der Waals surface area contributed by atoms with Crippen molar-refractivity contribution < 1.29 is 17.8 Å². The Labute approximate surface area is 128 Å². The number of carbonyl (C=O) groups excluding carboxylic acids is 1. The molecule has 0 rings (SSSR count). The van der Waals surface area contributed by atoms with Gasteiger partial charge in [-0.2, -0.15) is 8.42 Å². The largest absolute Gasteiger partial charge is 0.292 e. The second-order valence-corrected chi connectivity index (χ2v) is 6.91. The second kappa shape index (κ2) is 13.0. The van der Waals surface area contributed by atoms with E-state index in [1.165, 1.54) is 38.5 Å². The van der Waals surface area contributed by atoms with Crippen LogP contribution in [0.5, 0.6) is 0 Å². The summed E-state index contributed by atoms with van der Waals surface area (Å²) in [4.78, 5) is 11.4. The summed E-state index contributed by atoms with van der Waals surface area (Å²) in [5.74, 6) is -0.557. The van der Waals surface area contributed by atoms with E-state index in [4.69, 9.17) is 4.55 Å². The van der Waals surface area contributed by atoms with Crippen molar-refractivity contribution in [2.75, 3.05) is 12.3 Å². The molecule has 0 radical (unpaired) electrons. The Balaban J connectivity index is 3.27. The van der Waals surface area contributed by atoms with Crippen LogP contribution in [0, 0.1) is 0 Å². The van der Waals surface area contributed by atoms with Gasteiger partial charge in [0.25, 0.3) is 10.1 Å². The Morgan fingerprint density at radius 2 is 1.48 bits per heavy atom. The highest BCUT2D eigenvalue weighted by molar-refractivity contribution is 7.85. The van der Waals surface area contributed by atoms with E-state index >= 15 is 0 Å². The molecular formula is C14H30N2O4S. The molecule has 1 amide bonds. The maximum Gasteiger partial charge on any atom is 0.266 e. The third-order valence-electron chi connectivity index (χ3n) is 3.22. The Morgan fingerprint density at radius 1 is 0.952 bits per heavy atom. The third-order valence-corrected chi connectivity index (χ3v) is 3.94. The summed E-state index contributed by atoms with van der Waals surface area (Å²) < 4.78 is 29.4.